The third-order valence-corrected chi connectivity index (χ3v) is 3.89. The van der Waals surface area contributed by atoms with Gasteiger partial charge in [0, 0.05) is 16.1 Å². The number of nitrogens with one attached hydrogen (secondary N) is 1. The van der Waals surface area contributed by atoms with Gasteiger partial charge in [0.15, 0.2) is 0 Å². The molecule has 1 amide bonds. The van der Waals surface area contributed by atoms with E-state index in [4.69, 9.17) is 29.6 Å². The second-order valence-electron chi connectivity index (χ2n) is 4.73. The molecule has 0 spiro atoms. The molecule has 0 atom stereocenters. The molecule has 0 fully saturated rings. The molecule has 5 heteroatoms. The van der Waals surface area contributed by atoms with Crippen LogP contribution in [0.1, 0.15) is 27.0 Å². The molecule has 3 nitrogen and oxygen atoms in total. The molecular formula is C16H15ClN2OS. The summed E-state index contributed by atoms with van der Waals surface area (Å²) < 4.78 is 0. The number of amides is 1. The molecule has 2 aromatic rings. The summed E-state index contributed by atoms with van der Waals surface area (Å²) in [6.07, 6.45) is 0. The predicted molar refractivity (Wildman–Crippen MR) is 91.2 cm³/mol. The minimum absolute atomic E-state index is 0.238. The second kappa shape index (κ2) is 6.24. The van der Waals surface area contributed by atoms with E-state index in [0.717, 1.165) is 11.1 Å². The van der Waals surface area contributed by atoms with E-state index in [2.05, 4.69) is 5.32 Å². The first-order valence-electron chi connectivity index (χ1n) is 6.37. The van der Waals surface area contributed by atoms with Gasteiger partial charge in [0.1, 0.15) is 4.99 Å². The van der Waals surface area contributed by atoms with Crippen molar-refractivity contribution in [3.63, 3.8) is 0 Å². The van der Waals surface area contributed by atoms with Gasteiger partial charge >= 0.3 is 0 Å². The minimum Gasteiger partial charge on any atom is -0.389 e. The second-order valence-corrected chi connectivity index (χ2v) is 5.58. The molecule has 3 N–H and O–H groups in total. The Morgan fingerprint density at radius 3 is 2.52 bits per heavy atom. The SMILES string of the molecule is Cc1cccc(NC(=O)c2cccc(Cl)c2C)c1C(N)=S. The number of rotatable bonds is 3. The molecule has 0 saturated heterocycles. The molecule has 0 aromatic heterocycles. The summed E-state index contributed by atoms with van der Waals surface area (Å²) in [7, 11) is 0. The molecule has 2 aromatic carbocycles. The summed E-state index contributed by atoms with van der Waals surface area (Å²) >= 11 is 11.1. The number of benzene rings is 2. The quantitative estimate of drug-likeness (QED) is 0.845. The van der Waals surface area contributed by atoms with Gasteiger partial charge in [-0.05, 0) is 43.2 Å². The van der Waals surface area contributed by atoms with E-state index < -0.39 is 0 Å². The molecule has 0 aliphatic heterocycles. The number of hydrogen-bond donors (Lipinski definition) is 2. The molecule has 0 bridgehead atoms. The molecule has 0 heterocycles. The first-order chi connectivity index (χ1) is 9.91. The van der Waals surface area contributed by atoms with Crippen molar-refractivity contribution in [3.8, 4) is 0 Å². The monoisotopic (exact) mass is 318 g/mol. The Hall–Kier alpha value is -1.91. The third-order valence-electron chi connectivity index (χ3n) is 3.28. The van der Waals surface area contributed by atoms with Crippen LogP contribution < -0.4 is 11.1 Å². The molecular weight excluding hydrogens is 304 g/mol. The van der Waals surface area contributed by atoms with Crippen LogP contribution in [0.3, 0.4) is 0 Å². The third kappa shape index (κ3) is 3.23. The van der Waals surface area contributed by atoms with Gasteiger partial charge < -0.3 is 11.1 Å². The van der Waals surface area contributed by atoms with Crippen LogP contribution in [-0.2, 0) is 0 Å². The minimum atomic E-state index is -0.238. The van der Waals surface area contributed by atoms with Crippen molar-refractivity contribution in [2.45, 2.75) is 13.8 Å². The Bertz CT molecular complexity index is 728. The summed E-state index contributed by atoms with van der Waals surface area (Å²) in [5.41, 5.74) is 9.21. The van der Waals surface area contributed by atoms with E-state index in [-0.39, 0.29) is 10.9 Å². The van der Waals surface area contributed by atoms with E-state index in [1.54, 1.807) is 24.3 Å². The van der Waals surface area contributed by atoms with Gasteiger partial charge in [-0.1, -0.05) is 42.0 Å². The number of carbonyl (C=O) groups excluding carboxylic acids is 1. The molecule has 108 valence electrons. The van der Waals surface area contributed by atoms with Gasteiger partial charge in [0.25, 0.3) is 5.91 Å². The fraction of sp³-hybridized carbons (Fsp3) is 0.125. The standard InChI is InChI=1S/C16H15ClN2OS/c1-9-5-3-8-13(14(9)15(18)21)19-16(20)11-6-4-7-12(17)10(11)2/h3-8H,1-2H3,(H2,18,21)(H,19,20). The average molecular weight is 319 g/mol. The van der Waals surface area contributed by atoms with Gasteiger partial charge in [-0.15, -0.1) is 0 Å². The molecule has 0 radical (unpaired) electrons. The van der Waals surface area contributed by atoms with Crippen molar-refractivity contribution >= 4 is 40.4 Å². The fourth-order valence-corrected chi connectivity index (χ4v) is 2.59. The highest BCUT2D eigenvalue weighted by molar-refractivity contribution is 7.80. The van der Waals surface area contributed by atoms with Crippen molar-refractivity contribution in [1.82, 2.24) is 0 Å². The van der Waals surface area contributed by atoms with Gasteiger partial charge in [0.05, 0.1) is 5.69 Å². The van der Waals surface area contributed by atoms with Crippen LogP contribution in [0.2, 0.25) is 5.02 Å². The number of halogens is 1. The summed E-state index contributed by atoms with van der Waals surface area (Å²) in [6.45, 7) is 3.71. The van der Waals surface area contributed by atoms with E-state index >= 15 is 0 Å². The maximum atomic E-state index is 12.4. The zero-order valence-corrected chi connectivity index (χ0v) is 13.3. The lowest BCUT2D eigenvalue weighted by molar-refractivity contribution is 0.102. The van der Waals surface area contributed by atoms with Gasteiger partial charge in [-0.3, -0.25) is 4.79 Å². The lowest BCUT2D eigenvalue weighted by atomic mass is 10.0. The van der Waals surface area contributed by atoms with Gasteiger partial charge in [-0.25, -0.2) is 0 Å². The number of nitrogens with two attached hydrogens (primary N) is 1. The first-order valence-corrected chi connectivity index (χ1v) is 7.16. The van der Waals surface area contributed by atoms with E-state index in [9.17, 15) is 4.79 Å². The van der Waals surface area contributed by atoms with Crippen molar-refractivity contribution in [2.75, 3.05) is 5.32 Å². The van der Waals surface area contributed by atoms with Crippen LogP contribution in [0.25, 0.3) is 0 Å². The Kier molecular flexibility index (Phi) is 4.60. The van der Waals surface area contributed by atoms with Crippen LogP contribution >= 0.6 is 23.8 Å². The topological polar surface area (TPSA) is 55.1 Å². The molecule has 0 saturated carbocycles. The summed E-state index contributed by atoms with van der Waals surface area (Å²) in [5, 5.41) is 3.41. The number of carbonyl (C=O) groups is 1. The maximum Gasteiger partial charge on any atom is 0.256 e. The zero-order chi connectivity index (χ0) is 15.6. The molecule has 21 heavy (non-hydrogen) atoms. The molecule has 0 aliphatic carbocycles. The average Bonchev–Trinajstić information content (AvgIpc) is 2.41. The highest BCUT2D eigenvalue weighted by atomic mass is 35.5. The smallest absolute Gasteiger partial charge is 0.256 e. The summed E-state index contributed by atoms with van der Waals surface area (Å²) in [5.74, 6) is -0.238. The highest BCUT2D eigenvalue weighted by Crippen LogP contribution is 2.23. The Labute approximate surface area is 134 Å². The van der Waals surface area contributed by atoms with Crippen LogP contribution in [0, 0.1) is 13.8 Å². The zero-order valence-electron chi connectivity index (χ0n) is 11.7. The maximum absolute atomic E-state index is 12.4. The van der Waals surface area contributed by atoms with Crippen LogP contribution in [0.15, 0.2) is 36.4 Å². The highest BCUT2D eigenvalue weighted by Gasteiger charge is 2.14. The Morgan fingerprint density at radius 1 is 1.19 bits per heavy atom. The van der Waals surface area contributed by atoms with E-state index in [1.165, 1.54) is 0 Å². The van der Waals surface area contributed by atoms with Crippen molar-refractivity contribution in [3.05, 3.63) is 63.7 Å². The predicted octanol–water partition coefficient (Wildman–Crippen LogP) is 3.84. The Morgan fingerprint density at radius 2 is 1.86 bits per heavy atom. The fourth-order valence-electron chi connectivity index (χ4n) is 2.14. The van der Waals surface area contributed by atoms with Crippen molar-refractivity contribution in [2.24, 2.45) is 5.73 Å². The van der Waals surface area contributed by atoms with Gasteiger partial charge in [0.2, 0.25) is 0 Å². The first kappa shape index (κ1) is 15.5. The number of anilines is 1. The Balaban J connectivity index is 2.39. The van der Waals surface area contributed by atoms with Crippen molar-refractivity contribution in [1.29, 1.82) is 0 Å². The molecule has 2 rings (SSSR count). The summed E-state index contributed by atoms with van der Waals surface area (Å²) in [6, 6.07) is 10.7. The number of hydrogen-bond acceptors (Lipinski definition) is 2. The van der Waals surface area contributed by atoms with Crippen LogP contribution in [-0.4, -0.2) is 10.9 Å². The van der Waals surface area contributed by atoms with Crippen molar-refractivity contribution < 1.29 is 4.79 Å². The van der Waals surface area contributed by atoms with E-state index in [0.29, 0.717) is 21.8 Å². The molecule has 0 aliphatic rings. The largest absolute Gasteiger partial charge is 0.389 e. The van der Waals surface area contributed by atoms with Gasteiger partial charge in [-0.2, -0.15) is 0 Å². The normalized spacial score (nSPS) is 10.2. The lowest BCUT2D eigenvalue weighted by Crippen LogP contribution is -2.19. The number of thiocarbonyl (C=S) groups is 1. The lowest BCUT2D eigenvalue weighted by Gasteiger charge is -2.13. The summed E-state index contributed by atoms with van der Waals surface area (Å²) in [4.78, 5) is 12.7. The number of aryl methyl sites for hydroxylation is 1. The van der Waals surface area contributed by atoms with E-state index in [1.807, 2.05) is 26.0 Å². The van der Waals surface area contributed by atoms with Crippen LogP contribution in [0.4, 0.5) is 5.69 Å². The van der Waals surface area contributed by atoms with Crippen LogP contribution in [0.5, 0.6) is 0 Å². The molecule has 0 unspecified atom stereocenters.